The van der Waals surface area contributed by atoms with Gasteiger partial charge in [0.05, 0.1) is 0 Å². The zero-order valence-electron chi connectivity index (χ0n) is 11.3. The molecule has 0 radical (unpaired) electrons. The molecule has 2 N–H and O–H groups in total. The fourth-order valence-electron chi connectivity index (χ4n) is 2.29. The van der Waals surface area contributed by atoms with E-state index in [1.54, 1.807) is 0 Å². The molecule has 0 amide bonds. The van der Waals surface area contributed by atoms with Crippen LogP contribution in [0.1, 0.15) is 44.7 Å². The standard InChI is InChI=1S/C15H23BrN2/c1-3-8-18(10-12-4-5-12)13-6-7-14(11(2)17)15(16)9-13/h6-7,9,11-12H,3-5,8,10,17H2,1-2H3. The maximum absolute atomic E-state index is 5.95. The molecule has 0 heterocycles. The maximum atomic E-state index is 5.95. The lowest BCUT2D eigenvalue weighted by molar-refractivity contribution is 0.707. The molecule has 1 aliphatic carbocycles. The SMILES string of the molecule is CCCN(CC1CC1)c1ccc(C(C)N)c(Br)c1. The van der Waals surface area contributed by atoms with Gasteiger partial charge >= 0.3 is 0 Å². The number of halogens is 1. The number of anilines is 1. The number of hydrogen-bond donors (Lipinski definition) is 1. The number of benzene rings is 1. The van der Waals surface area contributed by atoms with Gasteiger partial charge in [0.1, 0.15) is 0 Å². The molecule has 100 valence electrons. The minimum atomic E-state index is 0.0801. The molecule has 1 atom stereocenters. The topological polar surface area (TPSA) is 29.3 Å². The Morgan fingerprint density at radius 2 is 2.17 bits per heavy atom. The summed E-state index contributed by atoms with van der Waals surface area (Å²) < 4.78 is 1.13. The van der Waals surface area contributed by atoms with Gasteiger partial charge in [0.25, 0.3) is 0 Å². The number of nitrogens with two attached hydrogens (primary N) is 1. The molecule has 1 aromatic carbocycles. The summed E-state index contributed by atoms with van der Waals surface area (Å²) in [5.41, 5.74) is 8.45. The van der Waals surface area contributed by atoms with Crippen molar-refractivity contribution in [1.82, 2.24) is 0 Å². The first-order valence-electron chi connectivity index (χ1n) is 6.91. The zero-order chi connectivity index (χ0) is 13.1. The summed E-state index contributed by atoms with van der Waals surface area (Å²) in [4.78, 5) is 2.51. The lowest BCUT2D eigenvalue weighted by atomic mass is 10.1. The molecule has 0 aromatic heterocycles. The quantitative estimate of drug-likeness (QED) is 0.857. The molecule has 3 heteroatoms. The monoisotopic (exact) mass is 310 g/mol. The van der Waals surface area contributed by atoms with E-state index in [0.29, 0.717) is 0 Å². The highest BCUT2D eigenvalue weighted by Gasteiger charge is 2.24. The van der Waals surface area contributed by atoms with Crippen molar-refractivity contribution in [2.24, 2.45) is 11.7 Å². The molecule has 18 heavy (non-hydrogen) atoms. The first-order chi connectivity index (χ1) is 8.61. The number of hydrogen-bond acceptors (Lipinski definition) is 2. The van der Waals surface area contributed by atoms with Gasteiger partial charge in [-0.3, -0.25) is 0 Å². The van der Waals surface area contributed by atoms with Crippen molar-refractivity contribution >= 4 is 21.6 Å². The number of nitrogens with zero attached hydrogens (tertiary/aromatic N) is 1. The zero-order valence-corrected chi connectivity index (χ0v) is 12.9. The van der Waals surface area contributed by atoms with Crippen LogP contribution in [0.5, 0.6) is 0 Å². The minimum absolute atomic E-state index is 0.0801. The molecule has 0 bridgehead atoms. The van der Waals surface area contributed by atoms with Crippen molar-refractivity contribution in [2.45, 2.75) is 39.2 Å². The molecule has 2 nitrogen and oxygen atoms in total. The van der Waals surface area contributed by atoms with Crippen molar-refractivity contribution in [3.8, 4) is 0 Å². The largest absolute Gasteiger partial charge is 0.371 e. The third-order valence-electron chi connectivity index (χ3n) is 3.51. The Morgan fingerprint density at radius 1 is 1.44 bits per heavy atom. The molecule has 1 saturated carbocycles. The Hall–Kier alpha value is -0.540. The second kappa shape index (κ2) is 6.07. The van der Waals surface area contributed by atoms with E-state index in [-0.39, 0.29) is 6.04 Å². The molecule has 1 fully saturated rings. The first-order valence-corrected chi connectivity index (χ1v) is 7.71. The average Bonchev–Trinajstić information content (AvgIpc) is 3.11. The van der Waals surface area contributed by atoms with Crippen LogP contribution in [0, 0.1) is 5.92 Å². The van der Waals surface area contributed by atoms with Crippen LogP contribution in [0.2, 0.25) is 0 Å². The van der Waals surface area contributed by atoms with E-state index in [1.165, 1.54) is 37.1 Å². The summed E-state index contributed by atoms with van der Waals surface area (Å²) in [7, 11) is 0. The van der Waals surface area contributed by atoms with E-state index < -0.39 is 0 Å². The van der Waals surface area contributed by atoms with Crippen LogP contribution in [0.15, 0.2) is 22.7 Å². The van der Waals surface area contributed by atoms with Gasteiger partial charge in [0.15, 0.2) is 0 Å². The lowest BCUT2D eigenvalue weighted by Gasteiger charge is -2.25. The van der Waals surface area contributed by atoms with E-state index in [0.717, 1.165) is 16.9 Å². The van der Waals surface area contributed by atoms with E-state index in [4.69, 9.17) is 5.73 Å². The van der Waals surface area contributed by atoms with Gasteiger partial charge in [0.2, 0.25) is 0 Å². The van der Waals surface area contributed by atoms with Crippen LogP contribution < -0.4 is 10.6 Å². The third kappa shape index (κ3) is 3.48. The molecule has 1 unspecified atom stereocenters. The maximum Gasteiger partial charge on any atom is 0.0377 e. The Bertz CT molecular complexity index is 399. The molecule has 0 spiro atoms. The summed E-state index contributed by atoms with van der Waals surface area (Å²) >= 11 is 3.64. The van der Waals surface area contributed by atoms with Crippen LogP contribution in [-0.4, -0.2) is 13.1 Å². The van der Waals surface area contributed by atoms with Crippen molar-refractivity contribution in [2.75, 3.05) is 18.0 Å². The highest BCUT2D eigenvalue weighted by atomic mass is 79.9. The van der Waals surface area contributed by atoms with Gasteiger partial charge in [0, 0.05) is 29.3 Å². The first kappa shape index (κ1) is 13.9. The second-order valence-electron chi connectivity index (χ2n) is 5.38. The summed E-state index contributed by atoms with van der Waals surface area (Å²) in [5.74, 6) is 0.920. The van der Waals surface area contributed by atoms with Crippen molar-refractivity contribution < 1.29 is 0 Å². The van der Waals surface area contributed by atoms with Gasteiger partial charge in [-0.25, -0.2) is 0 Å². The fraction of sp³-hybridized carbons (Fsp3) is 0.600. The predicted molar refractivity (Wildman–Crippen MR) is 82.0 cm³/mol. The lowest BCUT2D eigenvalue weighted by Crippen LogP contribution is -2.26. The van der Waals surface area contributed by atoms with E-state index in [2.05, 4.69) is 46.0 Å². The normalized spacial score (nSPS) is 16.7. The van der Waals surface area contributed by atoms with E-state index in [1.807, 2.05) is 6.92 Å². The van der Waals surface area contributed by atoms with Crippen molar-refractivity contribution in [3.05, 3.63) is 28.2 Å². The Labute approximate surface area is 119 Å². The fourth-order valence-corrected chi connectivity index (χ4v) is 3.02. The highest BCUT2D eigenvalue weighted by Crippen LogP contribution is 2.33. The van der Waals surface area contributed by atoms with E-state index in [9.17, 15) is 0 Å². The summed E-state index contributed by atoms with van der Waals surface area (Å²) in [5, 5.41) is 0. The molecular weight excluding hydrogens is 288 g/mol. The minimum Gasteiger partial charge on any atom is -0.371 e. The second-order valence-corrected chi connectivity index (χ2v) is 6.24. The third-order valence-corrected chi connectivity index (χ3v) is 4.20. The van der Waals surface area contributed by atoms with Gasteiger partial charge in [-0.2, -0.15) is 0 Å². The van der Waals surface area contributed by atoms with Crippen molar-refractivity contribution in [3.63, 3.8) is 0 Å². The Balaban J connectivity index is 2.15. The summed E-state index contributed by atoms with van der Waals surface area (Å²) in [6.07, 6.45) is 4.00. The Morgan fingerprint density at radius 3 is 2.67 bits per heavy atom. The molecule has 0 aliphatic heterocycles. The van der Waals surface area contributed by atoms with Crippen LogP contribution >= 0.6 is 15.9 Å². The molecule has 0 saturated heterocycles. The summed E-state index contributed by atoms with van der Waals surface area (Å²) in [6, 6.07) is 6.66. The van der Waals surface area contributed by atoms with Crippen LogP contribution in [0.25, 0.3) is 0 Å². The molecule has 2 rings (SSSR count). The highest BCUT2D eigenvalue weighted by molar-refractivity contribution is 9.10. The van der Waals surface area contributed by atoms with Crippen molar-refractivity contribution in [1.29, 1.82) is 0 Å². The molecule has 1 aromatic rings. The Kier molecular flexibility index (Phi) is 4.68. The van der Waals surface area contributed by atoms with Gasteiger partial charge in [-0.05, 0) is 49.8 Å². The van der Waals surface area contributed by atoms with Gasteiger partial charge in [-0.1, -0.05) is 28.9 Å². The molecule has 1 aliphatic rings. The predicted octanol–water partition coefficient (Wildman–Crippen LogP) is 4.10. The van der Waals surface area contributed by atoms with Crippen LogP contribution in [0.3, 0.4) is 0 Å². The summed E-state index contributed by atoms with van der Waals surface area (Å²) in [6.45, 7) is 6.61. The molecular formula is C15H23BrN2. The van der Waals surface area contributed by atoms with Crippen LogP contribution in [-0.2, 0) is 0 Å². The van der Waals surface area contributed by atoms with Gasteiger partial charge in [-0.15, -0.1) is 0 Å². The average molecular weight is 311 g/mol. The van der Waals surface area contributed by atoms with Crippen LogP contribution in [0.4, 0.5) is 5.69 Å². The number of rotatable bonds is 6. The van der Waals surface area contributed by atoms with E-state index >= 15 is 0 Å². The smallest absolute Gasteiger partial charge is 0.0377 e. The van der Waals surface area contributed by atoms with Gasteiger partial charge < -0.3 is 10.6 Å².